The quantitative estimate of drug-likeness (QED) is 0.737. The molecule has 2 fully saturated rings. The summed E-state index contributed by atoms with van der Waals surface area (Å²) in [6.45, 7) is 4.33. The number of hydrogen-bond acceptors (Lipinski definition) is 3. The number of nitrogens with zero attached hydrogens (tertiary/aromatic N) is 1. The van der Waals surface area contributed by atoms with E-state index >= 15 is 0 Å². The fourth-order valence-electron chi connectivity index (χ4n) is 3.25. The Morgan fingerprint density at radius 2 is 1.78 bits per heavy atom. The van der Waals surface area contributed by atoms with Crippen molar-refractivity contribution in [2.75, 3.05) is 33.4 Å². The zero-order valence-electron chi connectivity index (χ0n) is 12.0. The van der Waals surface area contributed by atoms with Gasteiger partial charge in [-0.3, -0.25) is 0 Å². The zero-order valence-corrected chi connectivity index (χ0v) is 12.0. The third-order valence-corrected chi connectivity index (χ3v) is 4.54. The van der Waals surface area contributed by atoms with Crippen LogP contribution in [-0.2, 0) is 4.74 Å². The maximum atomic E-state index is 5.42. The normalized spacial score (nSPS) is 23.7. The Morgan fingerprint density at radius 3 is 2.50 bits per heavy atom. The summed E-state index contributed by atoms with van der Waals surface area (Å²) >= 11 is 0. The van der Waals surface area contributed by atoms with Crippen molar-refractivity contribution in [3.63, 3.8) is 0 Å². The summed E-state index contributed by atoms with van der Waals surface area (Å²) in [5.74, 6) is 0. The molecule has 0 spiro atoms. The molecule has 0 aromatic heterocycles. The molecule has 0 aromatic carbocycles. The number of ether oxygens (including phenoxy) is 1. The lowest BCUT2D eigenvalue weighted by molar-refractivity contribution is 0.0427. The van der Waals surface area contributed by atoms with Gasteiger partial charge in [0.05, 0.1) is 0 Å². The predicted molar refractivity (Wildman–Crippen MR) is 76.0 cm³/mol. The zero-order chi connectivity index (χ0) is 12.6. The molecule has 2 aliphatic rings. The van der Waals surface area contributed by atoms with Crippen LogP contribution in [-0.4, -0.2) is 50.3 Å². The van der Waals surface area contributed by atoms with Gasteiger partial charge in [0.25, 0.3) is 0 Å². The second kappa shape index (κ2) is 8.13. The van der Waals surface area contributed by atoms with Gasteiger partial charge in [0.1, 0.15) is 0 Å². The summed E-state index contributed by atoms with van der Waals surface area (Å²) in [5.41, 5.74) is 0. The Bertz CT molecular complexity index is 211. The third-order valence-electron chi connectivity index (χ3n) is 4.54. The van der Waals surface area contributed by atoms with Crippen molar-refractivity contribution in [1.29, 1.82) is 0 Å². The van der Waals surface area contributed by atoms with Crippen LogP contribution in [0.5, 0.6) is 0 Å². The van der Waals surface area contributed by atoms with Crippen LogP contribution in [0.2, 0.25) is 0 Å². The average Bonchev–Trinajstić information content (AvgIpc) is 2.45. The number of hydrogen-bond donors (Lipinski definition) is 1. The van der Waals surface area contributed by atoms with E-state index in [2.05, 4.69) is 17.3 Å². The van der Waals surface area contributed by atoms with Crippen molar-refractivity contribution in [3.05, 3.63) is 0 Å². The van der Waals surface area contributed by atoms with Gasteiger partial charge in [-0.05, 0) is 52.2 Å². The minimum atomic E-state index is 0.758. The molecule has 1 heterocycles. The lowest BCUT2D eigenvalue weighted by Gasteiger charge is -2.31. The number of rotatable bonds is 6. The van der Waals surface area contributed by atoms with Gasteiger partial charge in [0, 0.05) is 25.3 Å². The summed E-state index contributed by atoms with van der Waals surface area (Å²) in [6, 6.07) is 1.57. The van der Waals surface area contributed by atoms with Gasteiger partial charge in [-0.2, -0.15) is 0 Å². The minimum Gasteiger partial charge on any atom is -0.381 e. The lowest BCUT2D eigenvalue weighted by atomic mass is 9.95. The lowest BCUT2D eigenvalue weighted by Crippen LogP contribution is -2.39. The second-order valence-corrected chi connectivity index (χ2v) is 5.97. The molecule has 3 nitrogen and oxygen atoms in total. The van der Waals surface area contributed by atoms with E-state index < -0.39 is 0 Å². The van der Waals surface area contributed by atoms with Crippen LogP contribution in [0.25, 0.3) is 0 Å². The Kier molecular flexibility index (Phi) is 6.46. The summed E-state index contributed by atoms with van der Waals surface area (Å²) in [7, 11) is 2.27. The molecule has 18 heavy (non-hydrogen) atoms. The van der Waals surface area contributed by atoms with Crippen molar-refractivity contribution in [1.82, 2.24) is 10.2 Å². The van der Waals surface area contributed by atoms with Crippen LogP contribution in [0.4, 0.5) is 0 Å². The summed E-state index contributed by atoms with van der Waals surface area (Å²) in [4.78, 5) is 2.53. The smallest absolute Gasteiger partial charge is 0.0480 e. The van der Waals surface area contributed by atoms with Gasteiger partial charge in [0.15, 0.2) is 0 Å². The van der Waals surface area contributed by atoms with Crippen molar-refractivity contribution in [3.8, 4) is 0 Å². The first-order valence-corrected chi connectivity index (χ1v) is 7.87. The van der Waals surface area contributed by atoms with Crippen LogP contribution < -0.4 is 5.32 Å². The molecule has 0 amide bonds. The SMILES string of the molecule is CN(CCCNC1CCCCC1)C1CCOCC1. The van der Waals surface area contributed by atoms with Crippen LogP contribution >= 0.6 is 0 Å². The highest BCUT2D eigenvalue weighted by Gasteiger charge is 2.18. The first-order chi connectivity index (χ1) is 8.86. The van der Waals surface area contributed by atoms with E-state index in [1.54, 1.807) is 0 Å². The third kappa shape index (κ3) is 4.87. The summed E-state index contributed by atoms with van der Waals surface area (Å²) in [6.07, 6.45) is 10.8. The van der Waals surface area contributed by atoms with E-state index in [1.807, 2.05) is 0 Å². The first kappa shape index (κ1) is 14.3. The maximum absolute atomic E-state index is 5.42. The van der Waals surface area contributed by atoms with E-state index in [4.69, 9.17) is 4.74 Å². The Labute approximate surface area is 112 Å². The molecule has 3 heteroatoms. The standard InChI is InChI=1S/C15H30N2O/c1-17(15-8-12-18-13-9-15)11-5-10-16-14-6-3-2-4-7-14/h14-16H,2-13H2,1H3. The molecule has 0 bridgehead atoms. The summed E-state index contributed by atoms with van der Waals surface area (Å²) < 4.78 is 5.42. The molecule has 1 aliphatic carbocycles. The van der Waals surface area contributed by atoms with Gasteiger partial charge >= 0.3 is 0 Å². The van der Waals surface area contributed by atoms with Gasteiger partial charge in [0.2, 0.25) is 0 Å². The van der Waals surface area contributed by atoms with Crippen LogP contribution in [0, 0.1) is 0 Å². The van der Waals surface area contributed by atoms with E-state index in [9.17, 15) is 0 Å². The molecule has 0 radical (unpaired) electrons. The van der Waals surface area contributed by atoms with Gasteiger partial charge in [-0.1, -0.05) is 19.3 Å². The van der Waals surface area contributed by atoms with Gasteiger partial charge < -0.3 is 15.0 Å². The second-order valence-electron chi connectivity index (χ2n) is 5.97. The molecule has 0 aromatic rings. The topological polar surface area (TPSA) is 24.5 Å². The summed E-state index contributed by atoms with van der Waals surface area (Å²) in [5, 5.41) is 3.73. The van der Waals surface area contributed by atoms with E-state index in [0.717, 1.165) is 25.3 Å². The monoisotopic (exact) mass is 254 g/mol. The molecule has 2 rings (SSSR count). The van der Waals surface area contributed by atoms with Crippen molar-refractivity contribution in [2.45, 2.75) is 63.5 Å². The average molecular weight is 254 g/mol. The maximum Gasteiger partial charge on any atom is 0.0480 e. The predicted octanol–water partition coefficient (Wildman–Crippen LogP) is 2.41. The fraction of sp³-hybridized carbons (Fsp3) is 1.00. The van der Waals surface area contributed by atoms with Crippen molar-refractivity contribution in [2.24, 2.45) is 0 Å². The fourth-order valence-corrected chi connectivity index (χ4v) is 3.25. The Hall–Kier alpha value is -0.120. The highest BCUT2D eigenvalue weighted by Crippen LogP contribution is 2.17. The minimum absolute atomic E-state index is 0.758. The van der Waals surface area contributed by atoms with Gasteiger partial charge in [-0.25, -0.2) is 0 Å². The van der Waals surface area contributed by atoms with E-state index in [0.29, 0.717) is 0 Å². The van der Waals surface area contributed by atoms with Crippen molar-refractivity contribution >= 4 is 0 Å². The molecule has 106 valence electrons. The number of nitrogens with one attached hydrogen (secondary N) is 1. The Morgan fingerprint density at radius 1 is 1.06 bits per heavy atom. The van der Waals surface area contributed by atoms with E-state index in [-0.39, 0.29) is 0 Å². The van der Waals surface area contributed by atoms with Crippen LogP contribution in [0.1, 0.15) is 51.4 Å². The molecule has 1 aliphatic heterocycles. The van der Waals surface area contributed by atoms with Crippen molar-refractivity contribution < 1.29 is 4.74 Å². The molecule has 0 unspecified atom stereocenters. The highest BCUT2D eigenvalue weighted by molar-refractivity contribution is 4.74. The molecule has 1 saturated carbocycles. The molecule has 1 saturated heterocycles. The van der Waals surface area contributed by atoms with Crippen LogP contribution in [0.3, 0.4) is 0 Å². The molecule has 1 N–H and O–H groups in total. The van der Waals surface area contributed by atoms with Crippen LogP contribution in [0.15, 0.2) is 0 Å². The molecular weight excluding hydrogens is 224 g/mol. The highest BCUT2D eigenvalue weighted by atomic mass is 16.5. The van der Waals surface area contributed by atoms with E-state index in [1.165, 1.54) is 64.5 Å². The van der Waals surface area contributed by atoms with Gasteiger partial charge in [-0.15, -0.1) is 0 Å². The Balaban J connectivity index is 1.51. The largest absolute Gasteiger partial charge is 0.381 e. The first-order valence-electron chi connectivity index (χ1n) is 7.87. The molecular formula is C15H30N2O. The molecule has 0 atom stereocenters.